The summed E-state index contributed by atoms with van der Waals surface area (Å²) in [5, 5.41) is 0. The van der Waals surface area contributed by atoms with Crippen LogP contribution in [0.25, 0.3) is 0 Å². The molecule has 7 fully saturated rings. The van der Waals surface area contributed by atoms with Gasteiger partial charge < -0.3 is 4.74 Å². The molecule has 0 amide bonds. The smallest absolute Gasteiger partial charge is 0.0648 e. The van der Waals surface area contributed by atoms with Gasteiger partial charge >= 0.3 is 0 Å². The van der Waals surface area contributed by atoms with Crippen LogP contribution in [0, 0.1) is 47.3 Å². The van der Waals surface area contributed by atoms with Gasteiger partial charge in [0.25, 0.3) is 0 Å². The zero-order chi connectivity index (χ0) is 7.19. The Morgan fingerprint density at radius 3 is 1.83 bits per heavy atom. The van der Waals surface area contributed by atoms with Gasteiger partial charge in [-0.25, -0.2) is 0 Å². The van der Waals surface area contributed by atoms with Crippen LogP contribution in [0.4, 0.5) is 0 Å². The number of hydrogen-bond donors (Lipinski definition) is 0. The zero-order valence-electron chi connectivity index (χ0n) is 6.89. The quantitative estimate of drug-likeness (QED) is 0.516. The van der Waals surface area contributed by atoms with Crippen LogP contribution < -0.4 is 0 Å². The van der Waals surface area contributed by atoms with Crippen LogP contribution in [0.3, 0.4) is 0 Å². The van der Waals surface area contributed by atoms with E-state index < -0.39 is 0 Å². The van der Waals surface area contributed by atoms with Crippen LogP contribution in [0.1, 0.15) is 6.42 Å². The number of rotatable bonds is 0. The lowest BCUT2D eigenvalue weighted by molar-refractivity contribution is 0.0368. The second-order valence-corrected chi connectivity index (χ2v) is 6.09. The molecule has 1 nitrogen and oxygen atoms in total. The van der Waals surface area contributed by atoms with E-state index in [2.05, 4.69) is 0 Å². The van der Waals surface area contributed by atoms with Crippen LogP contribution in [-0.2, 0) is 4.74 Å². The number of ether oxygens (including phenoxy) is 1. The summed E-state index contributed by atoms with van der Waals surface area (Å²) in [4.78, 5) is 0. The van der Waals surface area contributed by atoms with Crippen LogP contribution in [0.2, 0.25) is 0 Å². The highest BCUT2D eigenvalue weighted by Gasteiger charge is 2.87. The average molecular weight is 160 g/mol. The minimum Gasteiger partial charge on any atom is -0.374 e. The van der Waals surface area contributed by atoms with Crippen molar-refractivity contribution in [1.82, 2.24) is 0 Å². The molecule has 0 aromatic carbocycles. The Balaban J connectivity index is 1.86. The minimum absolute atomic E-state index is 0.781. The van der Waals surface area contributed by atoms with Crippen molar-refractivity contribution in [2.45, 2.75) is 18.6 Å². The largest absolute Gasteiger partial charge is 0.374 e. The Bertz CT molecular complexity index is 246. The topological polar surface area (TPSA) is 9.23 Å². The molecule has 1 heteroatoms. The lowest BCUT2D eigenvalue weighted by Crippen LogP contribution is -2.43. The third-order valence-electron chi connectivity index (χ3n) is 6.58. The predicted octanol–water partition coefficient (Wildman–Crippen LogP) is 1.14. The van der Waals surface area contributed by atoms with Crippen molar-refractivity contribution in [3.63, 3.8) is 0 Å². The van der Waals surface area contributed by atoms with Crippen LogP contribution in [0.15, 0.2) is 0 Å². The highest BCUT2D eigenvalue weighted by Crippen LogP contribution is 2.87. The average Bonchev–Trinajstić information content (AvgIpc) is 2.51. The highest BCUT2D eigenvalue weighted by atomic mass is 16.5. The fraction of sp³-hybridized carbons (Fsp3) is 1.00. The number of hydrogen-bond acceptors (Lipinski definition) is 1. The van der Waals surface area contributed by atoms with Gasteiger partial charge in [0.1, 0.15) is 0 Å². The normalized spacial score (nSPS) is 94.0. The summed E-state index contributed by atoms with van der Waals surface area (Å²) in [5.74, 6) is 8.98. The molecule has 0 radical (unpaired) electrons. The summed E-state index contributed by atoms with van der Waals surface area (Å²) in [7, 11) is 0. The molecule has 7 rings (SSSR count). The minimum atomic E-state index is 0.781. The van der Waals surface area contributed by atoms with E-state index in [1.54, 1.807) is 6.42 Å². The van der Waals surface area contributed by atoms with Gasteiger partial charge in [0, 0.05) is 0 Å². The van der Waals surface area contributed by atoms with Gasteiger partial charge in [-0.3, -0.25) is 0 Å². The summed E-state index contributed by atoms with van der Waals surface area (Å²) >= 11 is 0. The van der Waals surface area contributed by atoms with Gasteiger partial charge in [-0.05, 0) is 53.8 Å². The van der Waals surface area contributed by atoms with Crippen molar-refractivity contribution in [3.05, 3.63) is 0 Å². The molecule has 5 saturated carbocycles. The van der Waals surface area contributed by atoms with Gasteiger partial charge in [-0.2, -0.15) is 0 Å². The summed E-state index contributed by atoms with van der Waals surface area (Å²) < 4.78 is 6.17. The van der Waals surface area contributed by atoms with Crippen molar-refractivity contribution >= 4 is 0 Å². The lowest BCUT2D eigenvalue weighted by atomic mass is 9.60. The molecule has 0 unspecified atom stereocenters. The Morgan fingerprint density at radius 1 is 0.667 bits per heavy atom. The SMILES string of the molecule is C1[C@@H]2[C@H]3[C@H]4[C@@H]1[C@H]1[C@H]5O[C@@H]([C@H]3[C@@H]54)[C@H]21. The predicted molar refractivity (Wildman–Crippen MR) is 41.2 cm³/mol. The van der Waals surface area contributed by atoms with Crippen LogP contribution >= 0.6 is 0 Å². The molecule has 2 heterocycles. The molecule has 0 aromatic heterocycles. The molecule has 2 saturated heterocycles. The first-order valence-corrected chi connectivity index (χ1v) is 5.62. The molecule has 62 valence electrons. The molecule has 2 aliphatic heterocycles. The van der Waals surface area contributed by atoms with E-state index in [1.807, 2.05) is 0 Å². The van der Waals surface area contributed by atoms with Crippen molar-refractivity contribution in [3.8, 4) is 0 Å². The zero-order valence-corrected chi connectivity index (χ0v) is 6.89. The Kier molecular flexibility index (Phi) is 0.443. The van der Waals surface area contributed by atoms with Gasteiger partial charge in [-0.1, -0.05) is 0 Å². The van der Waals surface area contributed by atoms with Gasteiger partial charge in [0.05, 0.1) is 12.2 Å². The molecule has 0 spiro atoms. The van der Waals surface area contributed by atoms with E-state index in [9.17, 15) is 0 Å². The maximum Gasteiger partial charge on any atom is 0.0648 e. The van der Waals surface area contributed by atoms with Gasteiger partial charge in [-0.15, -0.1) is 0 Å². The third-order valence-corrected chi connectivity index (χ3v) is 6.58. The molecule has 10 atom stereocenters. The van der Waals surface area contributed by atoms with Gasteiger partial charge in [0.15, 0.2) is 0 Å². The van der Waals surface area contributed by atoms with E-state index >= 15 is 0 Å². The maximum absolute atomic E-state index is 6.17. The van der Waals surface area contributed by atoms with Gasteiger partial charge in [0.2, 0.25) is 0 Å². The Labute approximate surface area is 71.5 Å². The second-order valence-electron chi connectivity index (χ2n) is 6.09. The van der Waals surface area contributed by atoms with E-state index in [4.69, 9.17) is 4.74 Å². The summed E-state index contributed by atoms with van der Waals surface area (Å²) in [6.45, 7) is 0. The molecule has 4 bridgehead atoms. The van der Waals surface area contributed by atoms with E-state index in [-0.39, 0.29) is 0 Å². The monoisotopic (exact) mass is 160 g/mol. The molecular formula is C11H12O. The third kappa shape index (κ3) is 0.222. The standard InChI is InChI=1S/C11H12O/c1-2-4-5-3(1)7-6(2)10-8(4)9(5)11(7)12-10/h2-11H,1H2/t2-,3-,4-,5+,6-,7-,8+,9-,10-,11-/m1/s1. The van der Waals surface area contributed by atoms with Crippen molar-refractivity contribution in [2.24, 2.45) is 47.3 Å². The maximum atomic E-state index is 6.17. The first-order valence-electron chi connectivity index (χ1n) is 5.62. The fourth-order valence-corrected chi connectivity index (χ4v) is 6.91. The first kappa shape index (κ1) is 4.99. The summed E-state index contributed by atoms with van der Waals surface area (Å²) in [6, 6.07) is 0. The van der Waals surface area contributed by atoms with E-state index in [1.165, 1.54) is 11.8 Å². The fourth-order valence-electron chi connectivity index (χ4n) is 6.91. The molecule has 5 aliphatic carbocycles. The first-order chi connectivity index (χ1) is 5.97. The van der Waals surface area contributed by atoms with Crippen molar-refractivity contribution in [2.75, 3.05) is 0 Å². The van der Waals surface area contributed by atoms with Crippen molar-refractivity contribution < 1.29 is 4.74 Å². The molecular weight excluding hydrogens is 148 g/mol. The molecule has 0 aromatic rings. The van der Waals surface area contributed by atoms with E-state index in [0.29, 0.717) is 0 Å². The lowest BCUT2D eigenvalue weighted by Gasteiger charge is -2.43. The Morgan fingerprint density at radius 2 is 1.25 bits per heavy atom. The van der Waals surface area contributed by atoms with Crippen LogP contribution in [0.5, 0.6) is 0 Å². The summed E-state index contributed by atoms with van der Waals surface area (Å²) in [6.07, 6.45) is 3.18. The highest BCUT2D eigenvalue weighted by molar-refractivity contribution is 5.34. The Hall–Kier alpha value is -0.0400. The van der Waals surface area contributed by atoms with Crippen molar-refractivity contribution in [1.29, 1.82) is 0 Å². The summed E-state index contributed by atoms with van der Waals surface area (Å²) in [5.41, 5.74) is 0. The van der Waals surface area contributed by atoms with E-state index in [0.717, 1.165) is 47.7 Å². The second kappa shape index (κ2) is 1.06. The van der Waals surface area contributed by atoms with Crippen LogP contribution in [-0.4, -0.2) is 12.2 Å². The molecule has 0 N–H and O–H groups in total. The molecule has 7 aliphatic rings. The molecule has 12 heavy (non-hydrogen) atoms.